The summed E-state index contributed by atoms with van der Waals surface area (Å²) in [7, 11) is 4.18. The molecular weight excluding hydrogens is 504 g/mol. The third-order valence-corrected chi connectivity index (χ3v) is 5.62. The van der Waals surface area contributed by atoms with Gasteiger partial charge in [-0.3, -0.25) is 4.99 Å². The first-order chi connectivity index (χ1) is 18.3. The molecule has 3 atom stereocenters. The van der Waals surface area contributed by atoms with Crippen molar-refractivity contribution in [3.8, 4) is 0 Å². The van der Waals surface area contributed by atoms with Crippen LogP contribution in [0.5, 0.6) is 0 Å². The second kappa shape index (κ2) is 30.8. The molecule has 5 nitrogen and oxygen atoms in total. The molecule has 0 aliphatic heterocycles. The van der Waals surface area contributed by atoms with Gasteiger partial charge in [0.1, 0.15) is 12.6 Å². The molecule has 0 radical (unpaired) electrons. The zero-order valence-corrected chi connectivity index (χ0v) is 28.3. The number of carbonyl (C=O) groups is 2. The highest BCUT2D eigenvalue weighted by Gasteiger charge is 2.20. The van der Waals surface area contributed by atoms with Crippen LogP contribution in [0.2, 0.25) is 0 Å². The molecule has 0 spiro atoms. The summed E-state index contributed by atoms with van der Waals surface area (Å²) in [5, 5.41) is 11.2. The van der Waals surface area contributed by atoms with E-state index in [9.17, 15) is 9.59 Å². The summed E-state index contributed by atoms with van der Waals surface area (Å²) >= 11 is 1.66. The summed E-state index contributed by atoms with van der Waals surface area (Å²) in [5.41, 5.74) is 2.17. The van der Waals surface area contributed by atoms with Gasteiger partial charge in [0.2, 0.25) is 0 Å². The van der Waals surface area contributed by atoms with E-state index in [1.54, 1.807) is 18.0 Å². The van der Waals surface area contributed by atoms with Crippen LogP contribution in [0.4, 0.5) is 0 Å². The van der Waals surface area contributed by atoms with Gasteiger partial charge in [0.25, 0.3) is 0 Å². The van der Waals surface area contributed by atoms with Crippen LogP contribution in [0, 0.1) is 17.3 Å². The van der Waals surface area contributed by atoms with Crippen molar-refractivity contribution in [3.63, 3.8) is 0 Å². The van der Waals surface area contributed by atoms with E-state index in [1.807, 2.05) is 79.2 Å². The summed E-state index contributed by atoms with van der Waals surface area (Å²) < 4.78 is 0. The molecule has 228 valence electrons. The summed E-state index contributed by atoms with van der Waals surface area (Å²) in [6, 6.07) is 0. The Balaban J connectivity index is -0.000000247. The maximum absolute atomic E-state index is 10.6. The maximum Gasteiger partial charge on any atom is 0.122 e. The van der Waals surface area contributed by atoms with Gasteiger partial charge in [0.15, 0.2) is 0 Å². The Hall–Kier alpha value is -1.76. The number of thioether (sulfide) groups is 1. The van der Waals surface area contributed by atoms with E-state index in [4.69, 9.17) is 5.11 Å². The molecule has 6 heteroatoms. The highest BCUT2D eigenvalue weighted by atomic mass is 32.2. The summed E-state index contributed by atoms with van der Waals surface area (Å²) in [4.78, 5) is 26.8. The first-order valence-electron chi connectivity index (χ1n) is 14.2. The van der Waals surface area contributed by atoms with Gasteiger partial charge in [0, 0.05) is 25.1 Å². The van der Waals surface area contributed by atoms with Crippen LogP contribution in [-0.4, -0.2) is 61.8 Å². The van der Waals surface area contributed by atoms with Crippen molar-refractivity contribution in [2.24, 2.45) is 22.2 Å². The normalized spacial score (nSPS) is 14.6. The topological polar surface area (TPSA) is 70.0 Å². The van der Waals surface area contributed by atoms with Gasteiger partial charge in [-0.05, 0) is 83.2 Å². The third-order valence-electron chi connectivity index (χ3n) is 5.14. The minimum Gasteiger partial charge on any atom is -0.392 e. The second-order valence-corrected chi connectivity index (χ2v) is 11.3. The predicted molar refractivity (Wildman–Crippen MR) is 178 cm³/mol. The molecule has 0 rings (SSSR count). The molecule has 0 aliphatic carbocycles. The first kappa shape index (κ1) is 44.3. The van der Waals surface area contributed by atoms with Crippen LogP contribution in [0.1, 0.15) is 94.9 Å². The molecule has 0 fully saturated rings. The number of rotatable bonds is 14. The lowest BCUT2D eigenvalue weighted by Crippen LogP contribution is -2.25. The number of aliphatic hydroxyl groups is 1. The van der Waals surface area contributed by atoms with E-state index in [0.29, 0.717) is 5.92 Å². The van der Waals surface area contributed by atoms with Gasteiger partial charge in [-0.1, -0.05) is 78.3 Å². The SMILES string of the molecule is CC.CC(=C/CCN(C)C)/C=C/CC(C)CC(C)C=O.CC(C)(C)[C@@H](O)CC=O.CC=NC(/C=C\C)=C\SC. The molecule has 0 aliphatic rings. The molecule has 1 N–H and O–H groups in total. The lowest BCUT2D eigenvalue weighted by atomic mass is 9.88. The number of aldehydes is 2. The van der Waals surface area contributed by atoms with Gasteiger partial charge in [-0.2, -0.15) is 0 Å². The van der Waals surface area contributed by atoms with E-state index < -0.39 is 6.10 Å². The zero-order valence-electron chi connectivity index (χ0n) is 27.5. The van der Waals surface area contributed by atoms with Gasteiger partial charge in [-0.25, -0.2) is 0 Å². The van der Waals surface area contributed by atoms with Gasteiger partial charge < -0.3 is 19.6 Å². The predicted octanol–water partition coefficient (Wildman–Crippen LogP) is 8.56. The van der Waals surface area contributed by atoms with Gasteiger partial charge in [-0.15, -0.1) is 11.8 Å². The number of hydrogen-bond donors (Lipinski definition) is 1. The van der Waals surface area contributed by atoms with E-state index in [1.165, 1.54) is 5.57 Å². The fourth-order valence-electron chi connectivity index (χ4n) is 2.89. The Kier molecular flexibility index (Phi) is 34.9. The van der Waals surface area contributed by atoms with Crippen LogP contribution in [0.3, 0.4) is 0 Å². The number of hydrogen-bond acceptors (Lipinski definition) is 6. The van der Waals surface area contributed by atoms with Crippen LogP contribution in [-0.2, 0) is 9.59 Å². The summed E-state index contributed by atoms with van der Waals surface area (Å²) in [6.45, 7) is 21.0. The van der Waals surface area contributed by atoms with E-state index in [0.717, 1.165) is 44.1 Å². The third kappa shape index (κ3) is 36.2. The molecule has 0 saturated carbocycles. The average molecular weight is 567 g/mol. The quantitative estimate of drug-likeness (QED) is 0.130. The minimum absolute atomic E-state index is 0.166. The van der Waals surface area contributed by atoms with E-state index >= 15 is 0 Å². The Labute approximate surface area is 247 Å². The highest BCUT2D eigenvalue weighted by molar-refractivity contribution is 8.01. The molecule has 39 heavy (non-hydrogen) atoms. The fourth-order valence-corrected chi connectivity index (χ4v) is 3.27. The van der Waals surface area contributed by atoms with Crippen molar-refractivity contribution < 1.29 is 14.7 Å². The van der Waals surface area contributed by atoms with Crippen molar-refractivity contribution >= 4 is 30.5 Å². The number of carbonyl (C=O) groups excluding carboxylic acids is 2. The molecule has 0 aromatic heterocycles. The zero-order chi connectivity index (χ0) is 31.3. The van der Waals surface area contributed by atoms with Crippen molar-refractivity contribution in [1.82, 2.24) is 4.90 Å². The lowest BCUT2D eigenvalue weighted by Gasteiger charge is -2.23. The Morgan fingerprint density at radius 1 is 1.05 bits per heavy atom. The average Bonchev–Trinajstić information content (AvgIpc) is 2.86. The van der Waals surface area contributed by atoms with E-state index in [2.05, 4.69) is 56.1 Å². The van der Waals surface area contributed by atoms with Gasteiger partial charge in [0.05, 0.1) is 11.8 Å². The molecule has 0 aromatic carbocycles. The molecule has 0 saturated heterocycles. The molecule has 0 heterocycles. The van der Waals surface area contributed by atoms with E-state index in [-0.39, 0.29) is 17.8 Å². The smallest absolute Gasteiger partial charge is 0.122 e. The molecule has 2 unspecified atom stereocenters. The largest absolute Gasteiger partial charge is 0.392 e. The minimum atomic E-state index is -0.505. The molecule has 0 aromatic rings. The van der Waals surface area contributed by atoms with Crippen LogP contribution >= 0.6 is 11.8 Å². The standard InChI is InChI=1S/C16H29NO.C8H13NS.C7H14O2.C2H6/c1-14(10-7-11-17(4)5)8-6-9-15(2)12-16(3)13-18;1-4-6-8(7-10-3)9-5-2;1-7(2,3)6(9)4-5-8;1-2/h6,8,10,13,15-16H,7,9,11-12H2,1-5H3;4-7H,1-3H3;5-6,9H,4H2,1-3H3;1-2H3/b8-6+,14-10-;6-4-,8-7-,9-5?;;/t;;6-;/m..0./s1. The number of nitrogens with zero attached hydrogens (tertiary/aromatic N) is 2. The van der Waals surface area contributed by atoms with Crippen LogP contribution in [0.15, 0.2) is 52.1 Å². The molecular formula is C33H62N2O3S. The summed E-state index contributed by atoms with van der Waals surface area (Å²) in [5.74, 6) is 0.765. The van der Waals surface area contributed by atoms with Crippen molar-refractivity contribution in [2.75, 3.05) is 26.9 Å². The monoisotopic (exact) mass is 566 g/mol. The number of allylic oxidation sites excluding steroid dienone is 5. The molecule has 0 bridgehead atoms. The van der Waals surface area contributed by atoms with Crippen molar-refractivity contribution in [2.45, 2.75) is 101 Å². The van der Waals surface area contributed by atoms with Crippen molar-refractivity contribution in [3.05, 3.63) is 47.1 Å². The Bertz CT molecular complexity index is 703. The first-order valence-corrected chi connectivity index (χ1v) is 15.5. The summed E-state index contributed by atoms with van der Waals surface area (Å²) in [6.07, 6.45) is 19.1. The van der Waals surface area contributed by atoms with Crippen LogP contribution < -0.4 is 0 Å². The molecule has 0 amide bonds. The highest BCUT2D eigenvalue weighted by Crippen LogP contribution is 2.20. The Morgan fingerprint density at radius 2 is 1.64 bits per heavy atom. The lowest BCUT2D eigenvalue weighted by molar-refractivity contribution is -0.111. The number of aliphatic hydroxyl groups excluding tert-OH is 1. The van der Waals surface area contributed by atoms with Crippen molar-refractivity contribution in [1.29, 1.82) is 0 Å². The van der Waals surface area contributed by atoms with Crippen LogP contribution in [0.25, 0.3) is 0 Å². The maximum atomic E-state index is 10.6. The number of aliphatic imine (C=N–C) groups is 1. The fraction of sp³-hybridized carbons (Fsp3) is 0.667. The second-order valence-electron chi connectivity index (χ2n) is 10.6. The van der Waals surface area contributed by atoms with Gasteiger partial charge >= 0.3 is 0 Å². The Morgan fingerprint density at radius 3 is 2.03 bits per heavy atom.